The van der Waals surface area contributed by atoms with Crippen molar-refractivity contribution < 1.29 is 4.74 Å². The first-order valence-corrected chi connectivity index (χ1v) is 14.0. The summed E-state index contributed by atoms with van der Waals surface area (Å²) in [4.78, 5) is 16.9. The summed E-state index contributed by atoms with van der Waals surface area (Å²) < 4.78 is 7.48. The Hall–Kier alpha value is -3.35. The zero-order chi connectivity index (χ0) is 26.9. The molecule has 5 rings (SSSR count). The highest BCUT2D eigenvalue weighted by atomic mass is 16.5. The number of imidazole rings is 1. The first kappa shape index (κ1) is 26.3. The molecule has 0 radical (unpaired) electrons. The molecule has 1 aliphatic carbocycles. The van der Waals surface area contributed by atoms with Crippen LogP contribution < -0.4 is 10.2 Å². The number of piperidine rings is 1. The van der Waals surface area contributed by atoms with E-state index in [1.165, 1.54) is 11.1 Å². The van der Waals surface area contributed by atoms with E-state index in [1.54, 1.807) is 12.7 Å². The molecule has 2 aromatic heterocycles. The predicted octanol–water partition coefficient (Wildman–Crippen LogP) is 6.96. The van der Waals surface area contributed by atoms with Crippen molar-refractivity contribution in [2.24, 2.45) is 13.0 Å². The van der Waals surface area contributed by atoms with E-state index in [2.05, 4.69) is 73.2 Å². The van der Waals surface area contributed by atoms with Gasteiger partial charge >= 0.3 is 0 Å². The molecule has 38 heavy (non-hydrogen) atoms. The average Bonchev–Trinajstić information content (AvgIpc) is 3.25. The number of hydrogen-bond donors (Lipinski definition) is 1. The summed E-state index contributed by atoms with van der Waals surface area (Å²) in [5, 5.41) is 3.65. The van der Waals surface area contributed by atoms with Gasteiger partial charge in [-0.3, -0.25) is 0 Å². The monoisotopic (exact) mass is 514 g/mol. The van der Waals surface area contributed by atoms with E-state index < -0.39 is 0 Å². The zero-order valence-corrected chi connectivity index (χ0v) is 23.8. The van der Waals surface area contributed by atoms with Gasteiger partial charge in [0.15, 0.2) is 11.5 Å². The molecule has 1 N–H and O–H groups in total. The van der Waals surface area contributed by atoms with E-state index in [0.717, 1.165) is 86.0 Å². The molecule has 1 aliphatic heterocycles. The molecule has 0 amide bonds. The Morgan fingerprint density at radius 2 is 1.79 bits per heavy atom. The molecular formula is C31H42N6O. The van der Waals surface area contributed by atoms with Crippen molar-refractivity contribution in [1.29, 1.82) is 0 Å². The Morgan fingerprint density at radius 3 is 2.53 bits per heavy atom. The Bertz CT molecular complexity index is 1350. The number of benzene rings is 1. The van der Waals surface area contributed by atoms with Gasteiger partial charge in [-0.05, 0) is 73.6 Å². The van der Waals surface area contributed by atoms with Gasteiger partial charge in [-0.15, -0.1) is 0 Å². The van der Waals surface area contributed by atoms with Crippen LogP contribution in [0.25, 0.3) is 11.2 Å². The molecule has 0 spiro atoms. The minimum Gasteiger partial charge on any atom is -0.501 e. The van der Waals surface area contributed by atoms with Gasteiger partial charge in [-0.1, -0.05) is 44.6 Å². The Morgan fingerprint density at radius 1 is 1.03 bits per heavy atom. The fourth-order valence-corrected chi connectivity index (χ4v) is 5.63. The van der Waals surface area contributed by atoms with E-state index in [9.17, 15) is 0 Å². The highest BCUT2D eigenvalue weighted by Gasteiger charge is 2.25. The standard InChI is InChI=1S/C31H42N6O/c1-21-13-14-24(31(2,3)4)19-26(21)33-29-27-28(32-20-36(27)5)34-30(35-29)37-17-15-23(16-18-37)22-9-7-11-25(38-6)12-8-10-22/h9,12-14,19-20,23H,7-8,10-11,15-18H2,1-6H3,(H,33,34,35). The van der Waals surface area contributed by atoms with Crippen molar-refractivity contribution in [1.82, 2.24) is 19.5 Å². The molecule has 7 heteroatoms. The van der Waals surface area contributed by atoms with E-state index >= 15 is 0 Å². The molecule has 7 nitrogen and oxygen atoms in total. The lowest BCUT2D eigenvalue weighted by Gasteiger charge is -2.34. The molecule has 0 bridgehead atoms. The number of anilines is 3. The molecule has 1 saturated heterocycles. The van der Waals surface area contributed by atoms with Crippen LogP contribution in [0.3, 0.4) is 0 Å². The number of aromatic nitrogens is 4. The van der Waals surface area contributed by atoms with Crippen LogP contribution >= 0.6 is 0 Å². The summed E-state index contributed by atoms with van der Waals surface area (Å²) in [5.41, 5.74) is 6.90. The van der Waals surface area contributed by atoms with Gasteiger partial charge in [0.25, 0.3) is 0 Å². The summed E-state index contributed by atoms with van der Waals surface area (Å²) >= 11 is 0. The molecule has 0 unspecified atom stereocenters. The van der Waals surface area contributed by atoms with Crippen LogP contribution in [0.2, 0.25) is 0 Å². The number of methoxy groups -OCH3 is 1. The van der Waals surface area contributed by atoms with Crippen LogP contribution in [0.1, 0.15) is 70.4 Å². The third kappa shape index (κ3) is 5.57. The fourth-order valence-electron chi connectivity index (χ4n) is 5.63. The number of rotatable bonds is 5. The second-order valence-electron chi connectivity index (χ2n) is 11.8. The second-order valence-corrected chi connectivity index (χ2v) is 11.8. The SMILES string of the molecule is COC1=CCCC(C2CCN(c3nc(Nc4cc(C(C)(C)C)ccc4C)c4c(ncn4C)n3)CC2)=CCC1. The maximum absolute atomic E-state index is 5.48. The normalized spacial score (nSPS) is 17.6. The minimum atomic E-state index is 0.0709. The molecule has 0 saturated carbocycles. The number of nitrogens with zero attached hydrogens (tertiary/aromatic N) is 5. The van der Waals surface area contributed by atoms with Crippen molar-refractivity contribution in [2.45, 2.75) is 71.6 Å². The third-order valence-corrected chi connectivity index (χ3v) is 8.08. The summed E-state index contributed by atoms with van der Waals surface area (Å²) in [6, 6.07) is 6.65. The zero-order valence-electron chi connectivity index (χ0n) is 23.8. The molecule has 3 heterocycles. The second kappa shape index (κ2) is 10.8. The fraction of sp³-hybridized carbons (Fsp3) is 0.516. The molecule has 1 fully saturated rings. The van der Waals surface area contributed by atoms with Gasteiger partial charge in [0.2, 0.25) is 5.95 Å². The highest BCUT2D eigenvalue weighted by molar-refractivity contribution is 5.87. The molecule has 202 valence electrons. The van der Waals surface area contributed by atoms with Gasteiger partial charge in [0.05, 0.1) is 19.2 Å². The average molecular weight is 515 g/mol. The number of ether oxygens (including phenoxy) is 1. The summed E-state index contributed by atoms with van der Waals surface area (Å²) in [7, 11) is 3.78. The quantitative estimate of drug-likeness (QED) is 0.371. The number of nitrogens with one attached hydrogen (secondary N) is 1. The maximum atomic E-state index is 5.48. The van der Waals surface area contributed by atoms with Crippen LogP contribution in [0.15, 0.2) is 48.0 Å². The first-order chi connectivity index (χ1) is 18.2. The van der Waals surface area contributed by atoms with Gasteiger partial charge in [0, 0.05) is 32.2 Å². The smallest absolute Gasteiger partial charge is 0.229 e. The Kier molecular flexibility index (Phi) is 7.46. The summed E-state index contributed by atoms with van der Waals surface area (Å²) in [5.74, 6) is 3.34. The van der Waals surface area contributed by atoms with Gasteiger partial charge < -0.3 is 19.5 Å². The number of allylic oxidation sites excluding steroid dienone is 4. The van der Waals surface area contributed by atoms with Crippen molar-refractivity contribution in [2.75, 3.05) is 30.4 Å². The lowest BCUT2D eigenvalue weighted by Crippen LogP contribution is -2.35. The van der Waals surface area contributed by atoms with E-state index in [1.807, 2.05) is 17.9 Å². The van der Waals surface area contributed by atoms with E-state index in [4.69, 9.17) is 14.7 Å². The number of fused-ring (bicyclic) bond motifs is 1. The van der Waals surface area contributed by atoms with Crippen LogP contribution in [-0.4, -0.2) is 39.7 Å². The van der Waals surface area contributed by atoms with E-state index in [-0.39, 0.29) is 5.41 Å². The van der Waals surface area contributed by atoms with Gasteiger partial charge in [0.1, 0.15) is 5.52 Å². The predicted molar refractivity (Wildman–Crippen MR) is 156 cm³/mol. The Balaban J connectivity index is 1.36. The molecule has 2 aliphatic rings. The van der Waals surface area contributed by atoms with Crippen molar-refractivity contribution in [3.05, 3.63) is 59.1 Å². The van der Waals surface area contributed by atoms with Crippen molar-refractivity contribution >= 4 is 28.6 Å². The summed E-state index contributed by atoms with van der Waals surface area (Å²) in [6.45, 7) is 10.8. The van der Waals surface area contributed by atoms with Crippen molar-refractivity contribution in [3.8, 4) is 0 Å². The maximum Gasteiger partial charge on any atom is 0.229 e. The number of hydrogen-bond acceptors (Lipinski definition) is 6. The largest absolute Gasteiger partial charge is 0.501 e. The topological polar surface area (TPSA) is 68.1 Å². The van der Waals surface area contributed by atoms with E-state index in [0.29, 0.717) is 5.92 Å². The van der Waals surface area contributed by atoms with Crippen LogP contribution in [0.4, 0.5) is 17.5 Å². The lowest BCUT2D eigenvalue weighted by molar-refractivity contribution is 0.275. The highest BCUT2D eigenvalue weighted by Crippen LogP contribution is 2.34. The van der Waals surface area contributed by atoms with Crippen molar-refractivity contribution in [3.63, 3.8) is 0 Å². The number of aryl methyl sites for hydroxylation is 2. The van der Waals surface area contributed by atoms with Gasteiger partial charge in [-0.2, -0.15) is 9.97 Å². The molecule has 1 aromatic carbocycles. The third-order valence-electron chi connectivity index (χ3n) is 8.08. The molecule has 3 aromatic rings. The summed E-state index contributed by atoms with van der Waals surface area (Å²) in [6.07, 6.45) is 13.1. The minimum absolute atomic E-state index is 0.0709. The van der Waals surface area contributed by atoms with Crippen LogP contribution in [0, 0.1) is 12.8 Å². The van der Waals surface area contributed by atoms with Crippen LogP contribution in [-0.2, 0) is 17.2 Å². The lowest BCUT2D eigenvalue weighted by atomic mass is 9.85. The first-order valence-electron chi connectivity index (χ1n) is 14.0. The Labute approximate surface area is 227 Å². The molecule has 0 atom stereocenters. The van der Waals surface area contributed by atoms with Crippen LogP contribution in [0.5, 0.6) is 0 Å². The molecular weight excluding hydrogens is 472 g/mol. The van der Waals surface area contributed by atoms with Gasteiger partial charge in [-0.25, -0.2) is 4.98 Å².